The summed E-state index contributed by atoms with van der Waals surface area (Å²) < 4.78 is 1.98. The number of hydrogen-bond acceptors (Lipinski definition) is 4. The number of para-hydroxylation sites is 1. The topological polar surface area (TPSA) is 89.6 Å². The second kappa shape index (κ2) is 6.92. The monoisotopic (exact) mass is 377 g/mol. The number of nitrogens with one attached hydrogen (secondary N) is 1. The standard InChI is InChI=1S/C20H19N5OS/c1-12-6-5-7-14(10-12)25-19(23-24-20(25)27-13(2)18(21)26)16-11-22-17-9-4-3-8-15(16)17/h3-11,13,22H,1-2H3,(H2,21,26)/t13-/m0/s1. The third kappa shape index (κ3) is 3.21. The zero-order valence-corrected chi connectivity index (χ0v) is 15.8. The van der Waals surface area contributed by atoms with Crippen molar-refractivity contribution in [1.82, 2.24) is 19.7 Å². The summed E-state index contributed by atoms with van der Waals surface area (Å²) in [6.45, 7) is 3.81. The SMILES string of the molecule is Cc1cccc(-n2c(S[C@@H](C)C(N)=O)nnc2-c2c[nH]c3ccccc23)c1. The molecule has 0 bridgehead atoms. The van der Waals surface area contributed by atoms with Crippen LogP contribution in [0.3, 0.4) is 0 Å². The largest absolute Gasteiger partial charge is 0.369 e. The molecule has 3 N–H and O–H groups in total. The van der Waals surface area contributed by atoms with E-state index in [4.69, 9.17) is 5.73 Å². The summed E-state index contributed by atoms with van der Waals surface area (Å²) >= 11 is 1.31. The maximum absolute atomic E-state index is 11.6. The Bertz CT molecular complexity index is 1130. The third-order valence-corrected chi connectivity index (χ3v) is 5.47. The molecule has 4 rings (SSSR count). The maximum atomic E-state index is 11.6. The molecule has 1 atom stereocenters. The Morgan fingerprint density at radius 2 is 2.00 bits per heavy atom. The summed E-state index contributed by atoms with van der Waals surface area (Å²) in [6.07, 6.45) is 1.94. The Morgan fingerprint density at radius 1 is 1.19 bits per heavy atom. The number of H-pyrrole nitrogens is 1. The second-order valence-corrected chi connectivity index (χ2v) is 7.70. The Morgan fingerprint density at radius 3 is 2.78 bits per heavy atom. The molecular weight excluding hydrogens is 358 g/mol. The fraction of sp³-hybridized carbons (Fsp3) is 0.150. The van der Waals surface area contributed by atoms with Crippen LogP contribution in [0, 0.1) is 6.92 Å². The lowest BCUT2D eigenvalue weighted by Gasteiger charge is -2.12. The number of carbonyl (C=O) groups excluding carboxylic acids is 1. The minimum atomic E-state index is -0.409. The minimum Gasteiger partial charge on any atom is -0.369 e. The number of nitrogens with zero attached hydrogens (tertiary/aromatic N) is 3. The number of benzene rings is 2. The zero-order chi connectivity index (χ0) is 19.0. The molecule has 0 radical (unpaired) electrons. The molecular formula is C20H19N5OS. The van der Waals surface area contributed by atoms with Crippen LogP contribution in [0.15, 0.2) is 59.9 Å². The van der Waals surface area contributed by atoms with Gasteiger partial charge in [-0.1, -0.05) is 42.1 Å². The Hall–Kier alpha value is -3.06. The highest BCUT2D eigenvalue weighted by atomic mass is 32.2. The van der Waals surface area contributed by atoms with Crippen LogP contribution in [0.2, 0.25) is 0 Å². The first-order valence-corrected chi connectivity index (χ1v) is 9.47. The lowest BCUT2D eigenvalue weighted by molar-refractivity contribution is -0.117. The first kappa shape index (κ1) is 17.4. The van der Waals surface area contributed by atoms with Gasteiger partial charge in [0.2, 0.25) is 5.91 Å². The first-order chi connectivity index (χ1) is 13.0. The minimum absolute atomic E-state index is 0.382. The third-order valence-electron chi connectivity index (χ3n) is 4.41. The maximum Gasteiger partial charge on any atom is 0.230 e. The molecule has 2 aromatic carbocycles. The molecule has 0 aliphatic heterocycles. The summed E-state index contributed by atoms with van der Waals surface area (Å²) in [5.74, 6) is 0.338. The van der Waals surface area contributed by atoms with Crippen LogP contribution in [0.5, 0.6) is 0 Å². The van der Waals surface area contributed by atoms with E-state index in [1.807, 2.05) is 54.1 Å². The number of aromatic amines is 1. The predicted octanol–water partition coefficient (Wildman–Crippen LogP) is 3.69. The molecule has 0 aliphatic carbocycles. The molecule has 136 valence electrons. The van der Waals surface area contributed by atoms with Crippen molar-refractivity contribution >= 4 is 28.6 Å². The number of amides is 1. The van der Waals surface area contributed by atoms with Gasteiger partial charge in [-0.15, -0.1) is 10.2 Å². The van der Waals surface area contributed by atoms with E-state index in [-0.39, 0.29) is 5.91 Å². The summed E-state index contributed by atoms with van der Waals surface area (Å²) in [5, 5.41) is 10.1. The molecule has 0 aliphatic rings. The molecule has 0 saturated heterocycles. The van der Waals surface area contributed by atoms with Gasteiger partial charge in [0.05, 0.1) is 5.25 Å². The quantitative estimate of drug-likeness (QED) is 0.519. The van der Waals surface area contributed by atoms with Crippen LogP contribution in [-0.2, 0) is 4.79 Å². The molecule has 0 unspecified atom stereocenters. The molecule has 2 heterocycles. The Balaban J connectivity index is 1.92. The van der Waals surface area contributed by atoms with Gasteiger partial charge in [0.25, 0.3) is 0 Å². The summed E-state index contributed by atoms with van der Waals surface area (Å²) in [6, 6.07) is 16.2. The van der Waals surface area contributed by atoms with Gasteiger partial charge >= 0.3 is 0 Å². The number of rotatable bonds is 5. The van der Waals surface area contributed by atoms with Crippen LogP contribution in [0.4, 0.5) is 0 Å². The normalized spacial score (nSPS) is 12.4. The molecule has 27 heavy (non-hydrogen) atoms. The number of hydrogen-bond donors (Lipinski definition) is 2. The fourth-order valence-electron chi connectivity index (χ4n) is 2.99. The van der Waals surface area contributed by atoms with Crippen molar-refractivity contribution in [3.63, 3.8) is 0 Å². The van der Waals surface area contributed by atoms with Crippen molar-refractivity contribution in [2.75, 3.05) is 0 Å². The van der Waals surface area contributed by atoms with Gasteiger partial charge in [-0.05, 0) is 37.6 Å². The van der Waals surface area contributed by atoms with E-state index in [9.17, 15) is 4.79 Å². The lowest BCUT2D eigenvalue weighted by Crippen LogP contribution is -2.23. The van der Waals surface area contributed by atoms with Crippen molar-refractivity contribution in [3.05, 3.63) is 60.3 Å². The number of nitrogens with two attached hydrogens (primary N) is 1. The van der Waals surface area contributed by atoms with E-state index in [0.29, 0.717) is 5.16 Å². The summed E-state index contributed by atoms with van der Waals surface area (Å²) in [5.41, 5.74) is 9.51. The van der Waals surface area contributed by atoms with Crippen molar-refractivity contribution in [2.45, 2.75) is 24.3 Å². The van der Waals surface area contributed by atoms with Gasteiger partial charge in [0, 0.05) is 28.4 Å². The molecule has 0 fully saturated rings. The number of carbonyl (C=O) groups is 1. The number of fused-ring (bicyclic) bond motifs is 1. The van der Waals surface area contributed by atoms with Crippen molar-refractivity contribution in [3.8, 4) is 17.1 Å². The molecule has 0 spiro atoms. The van der Waals surface area contributed by atoms with Crippen molar-refractivity contribution in [1.29, 1.82) is 0 Å². The molecule has 2 aromatic heterocycles. The Kier molecular flexibility index (Phi) is 4.45. The average Bonchev–Trinajstić information content (AvgIpc) is 3.25. The van der Waals surface area contributed by atoms with Crippen LogP contribution >= 0.6 is 11.8 Å². The van der Waals surface area contributed by atoms with Gasteiger partial charge < -0.3 is 10.7 Å². The van der Waals surface area contributed by atoms with Gasteiger partial charge in [-0.3, -0.25) is 9.36 Å². The van der Waals surface area contributed by atoms with Crippen LogP contribution < -0.4 is 5.73 Å². The van der Waals surface area contributed by atoms with Crippen LogP contribution in [0.1, 0.15) is 12.5 Å². The summed E-state index contributed by atoms with van der Waals surface area (Å²) in [7, 11) is 0. The van der Waals surface area contributed by atoms with E-state index < -0.39 is 5.25 Å². The van der Waals surface area contributed by atoms with E-state index in [1.165, 1.54) is 11.8 Å². The van der Waals surface area contributed by atoms with Gasteiger partial charge in [0.1, 0.15) is 0 Å². The van der Waals surface area contributed by atoms with Crippen LogP contribution in [0.25, 0.3) is 28.0 Å². The smallest absolute Gasteiger partial charge is 0.230 e. The van der Waals surface area contributed by atoms with E-state index in [2.05, 4.69) is 27.3 Å². The highest BCUT2D eigenvalue weighted by Gasteiger charge is 2.22. The molecule has 7 heteroatoms. The van der Waals surface area contributed by atoms with E-state index in [0.717, 1.165) is 33.5 Å². The zero-order valence-electron chi connectivity index (χ0n) is 15.0. The number of primary amides is 1. The second-order valence-electron chi connectivity index (χ2n) is 6.39. The van der Waals surface area contributed by atoms with Gasteiger partial charge in [-0.25, -0.2) is 0 Å². The predicted molar refractivity (Wildman–Crippen MR) is 108 cm³/mol. The summed E-state index contributed by atoms with van der Waals surface area (Å²) in [4.78, 5) is 14.8. The Labute approximate surface area is 160 Å². The lowest BCUT2D eigenvalue weighted by atomic mass is 10.1. The van der Waals surface area contributed by atoms with Crippen LogP contribution in [-0.4, -0.2) is 30.9 Å². The van der Waals surface area contributed by atoms with Gasteiger partial charge in [0.15, 0.2) is 11.0 Å². The fourth-order valence-corrected chi connectivity index (χ4v) is 3.81. The van der Waals surface area contributed by atoms with E-state index in [1.54, 1.807) is 6.92 Å². The highest BCUT2D eigenvalue weighted by molar-refractivity contribution is 8.00. The molecule has 1 amide bonds. The highest BCUT2D eigenvalue weighted by Crippen LogP contribution is 2.33. The van der Waals surface area contributed by atoms with Crippen molar-refractivity contribution < 1.29 is 4.79 Å². The van der Waals surface area contributed by atoms with Crippen molar-refractivity contribution in [2.24, 2.45) is 5.73 Å². The van der Waals surface area contributed by atoms with E-state index >= 15 is 0 Å². The number of thioether (sulfide) groups is 1. The average molecular weight is 377 g/mol. The molecule has 0 saturated carbocycles. The molecule has 4 aromatic rings. The number of aryl methyl sites for hydroxylation is 1. The number of aromatic nitrogens is 4. The molecule has 6 nitrogen and oxygen atoms in total. The first-order valence-electron chi connectivity index (χ1n) is 8.59. The van der Waals surface area contributed by atoms with Gasteiger partial charge in [-0.2, -0.15) is 0 Å².